The largest absolute Gasteiger partial charge is 0.464 e. The number of sulfonamides is 1. The number of rotatable bonds is 6. The van der Waals surface area contributed by atoms with E-state index in [-0.39, 0.29) is 11.4 Å². The van der Waals surface area contributed by atoms with Crippen molar-refractivity contribution < 1.29 is 17.8 Å². The maximum atomic E-state index is 12.9. The van der Waals surface area contributed by atoms with Gasteiger partial charge in [-0.25, -0.2) is 8.42 Å². The Kier molecular flexibility index (Phi) is 4.42. The van der Waals surface area contributed by atoms with E-state index in [9.17, 15) is 18.5 Å². The van der Waals surface area contributed by atoms with Gasteiger partial charge in [-0.3, -0.25) is 10.1 Å². The van der Waals surface area contributed by atoms with Crippen molar-refractivity contribution in [2.75, 3.05) is 7.05 Å². The first-order chi connectivity index (χ1) is 11.7. The van der Waals surface area contributed by atoms with E-state index in [0.717, 1.165) is 16.5 Å². The van der Waals surface area contributed by atoms with Crippen LogP contribution in [0.4, 0.5) is 5.69 Å². The molecule has 25 heavy (non-hydrogen) atoms. The van der Waals surface area contributed by atoms with Gasteiger partial charge < -0.3 is 4.42 Å². The van der Waals surface area contributed by atoms with Crippen LogP contribution in [0.15, 0.2) is 39.6 Å². The van der Waals surface area contributed by atoms with Gasteiger partial charge in [0, 0.05) is 19.0 Å². The Morgan fingerprint density at radius 3 is 2.60 bits per heavy atom. The fraction of sp³-hybridized carbons (Fsp3) is 0.412. The molecule has 0 N–H and O–H groups in total. The van der Waals surface area contributed by atoms with Gasteiger partial charge in [0.05, 0.1) is 11.5 Å². The van der Waals surface area contributed by atoms with Crippen molar-refractivity contribution in [3.8, 4) is 0 Å². The normalized spacial score (nSPS) is 20.0. The SMILES string of the molecule is Cc1cccc([N+](=O)[O-])c1S(=O)(=O)N(C)Cc1ccc([C@H]2C[C@@H]2C)o1. The Bertz CT molecular complexity index is 919. The lowest BCUT2D eigenvalue weighted by Crippen LogP contribution is -2.27. The highest BCUT2D eigenvalue weighted by Crippen LogP contribution is 2.47. The summed E-state index contributed by atoms with van der Waals surface area (Å²) in [5.74, 6) is 2.40. The van der Waals surface area contributed by atoms with Crippen LogP contribution in [0.2, 0.25) is 0 Å². The summed E-state index contributed by atoms with van der Waals surface area (Å²) >= 11 is 0. The van der Waals surface area contributed by atoms with E-state index in [4.69, 9.17) is 4.42 Å². The minimum absolute atomic E-state index is 0.0227. The number of hydrogen-bond acceptors (Lipinski definition) is 5. The number of hydrogen-bond donors (Lipinski definition) is 0. The lowest BCUT2D eigenvalue weighted by Gasteiger charge is -2.17. The first kappa shape index (κ1) is 17.6. The van der Waals surface area contributed by atoms with Crippen LogP contribution in [0, 0.1) is 23.0 Å². The molecule has 1 aromatic carbocycles. The summed E-state index contributed by atoms with van der Waals surface area (Å²) in [6.45, 7) is 3.71. The summed E-state index contributed by atoms with van der Waals surface area (Å²) in [6.07, 6.45) is 1.08. The maximum absolute atomic E-state index is 12.9. The summed E-state index contributed by atoms with van der Waals surface area (Å²) in [4.78, 5) is 10.3. The van der Waals surface area contributed by atoms with Crippen molar-refractivity contribution >= 4 is 15.7 Å². The minimum atomic E-state index is -4.02. The lowest BCUT2D eigenvalue weighted by molar-refractivity contribution is -0.387. The summed E-state index contributed by atoms with van der Waals surface area (Å²) in [6, 6.07) is 7.86. The van der Waals surface area contributed by atoms with E-state index in [1.165, 1.54) is 19.2 Å². The van der Waals surface area contributed by atoms with E-state index in [2.05, 4.69) is 6.92 Å². The van der Waals surface area contributed by atoms with Crippen LogP contribution in [-0.2, 0) is 16.6 Å². The zero-order valence-electron chi connectivity index (χ0n) is 14.3. The predicted octanol–water partition coefficient (Wildman–Crippen LogP) is 3.44. The smallest absolute Gasteiger partial charge is 0.289 e. The van der Waals surface area contributed by atoms with E-state index in [0.29, 0.717) is 23.2 Å². The summed E-state index contributed by atoms with van der Waals surface area (Å²) in [5, 5.41) is 11.2. The number of benzene rings is 1. The van der Waals surface area contributed by atoms with Crippen molar-refractivity contribution in [3.63, 3.8) is 0 Å². The third-order valence-electron chi connectivity index (χ3n) is 4.59. The molecular formula is C17H20N2O5S. The molecule has 1 aliphatic carbocycles. The Morgan fingerprint density at radius 1 is 1.32 bits per heavy atom. The van der Waals surface area contributed by atoms with Gasteiger partial charge in [-0.2, -0.15) is 4.31 Å². The van der Waals surface area contributed by atoms with Crippen molar-refractivity contribution in [3.05, 3.63) is 57.5 Å². The second-order valence-electron chi connectivity index (χ2n) is 6.56. The van der Waals surface area contributed by atoms with E-state index in [1.807, 2.05) is 6.07 Å². The molecule has 1 fully saturated rings. The van der Waals surface area contributed by atoms with Crippen molar-refractivity contribution in [2.24, 2.45) is 5.92 Å². The summed E-state index contributed by atoms with van der Waals surface area (Å²) in [7, 11) is -2.62. The van der Waals surface area contributed by atoms with Crippen LogP contribution in [0.25, 0.3) is 0 Å². The van der Waals surface area contributed by atoms with Gasteiger partial charge in [-0.1, -0.05) is 19.1 Å². The molecule has 0 aliphatic heterocycles. The molecule has 8 heteroatoms. The molecule has 134 valence electrons. The number of furan rings is 1. The molecule has 0 unspecified atom stereocenters. The summed E-state index contributed by atoms with van der Waals surface area (Å²) < 4.78 is 32.6. The predicted molar refractivity (Wildman–Crippen MR) is 91.7 cm³/mol. The second-order valence-corrected chi connectivity index (χ2v) is 8.55. The molecule has 2 atom stereocenters. The number of nitro benzene ring substituents is 1. The molecule has 1 aromatic heterocycles. The Labute approximate surface area is 146 Å². The number of nitrogens with zero attached hydrogens (tertiary/aromatic N) is 2. The van der Waals surface area contributed by atoms with Crippen molar-refractivity contribution in [1.29, 1.82) is 0 Å². The van der Waals surface area contributed by atoms with Crippen molar-refractivity contribution in [2.45, 2.75) is 37.6 Å². The van der Waals surface area contributed by atoms with Gasteiger partial charge >= 0.3 is 0 Å². The zero-order valence-corrected chi connectivity index (χ0v) is 15.1. The van der Waals surface area contributed by atoms with Gasteiger partial charge in [0.1, 0.15) is 11.5 Å². The molecule has 0 radical (unpaired) electrons. The highest BCUT2D eigenvalue weighted by Gasteiger charge is 2.37. The lowest BCUT2D eigenvalue weighted by atomic mass is 10.2. The van der Waals surface area contributed by atoms with Gasteiger partial charge in [0.2, 0.25) is 10.0 Å². The fourth-order valence-corrected chi connectivity index (χ4v) is 4.46. The van der Waals surface area contributed by atoms with Crippen LogP contribution >= 0.6 is 0 Å². The van der Waals surface area contributed by atoms with E-state index >= 15 is 0 Å². The van der Waals surface area contributed by atoms with Crippen LogP contribution in [0.5, 0.6) is 0 Å². The monoisotopic (exact) mass is 364 g/mol. The highest BCUT2D eigenvalue weighted by molar-refractivity contribution is 7.89. The molecule has 1 aliphatic rings. The maximum Gasteiger partial charge on any atom is 0.289 e. The fourth-order valence-electron chi connectivity index (χ4n) is 2.97. The number of aryl methyl sites for hydroxylation is 1. The molecular weight excluding hydrogens is 344 g/mol. The Hall–Kier alpha value is -2.19. The Morgan fingerprint density at radius 2 is 2.00 bits per heavy atom. The van der Waals surface area contributed by atoms with Gasteiger partial charge in [0.25, 0.3) is 5.69 Å². The Balaban J connectivity index is 1.87. The first-order valence-electron chi connectivity index (χ1n) is 8.00. The standard InChI is InChI=1S/C17H20N2O5S/c1-11-5-4-6-15(19(20)21)17(11)25(22,23)18(3)10-13-7-8-16(24-13)14-9-12(14)2/h4-8,12,14H,9-10H2,1-3H3/t12-,14-/m0/s1. The molecule has 1 saturated carbocycles. The van der Waals surface area contributed by atoms with Gasteiger partial charge in [-0.05, 0) is 37.0 Å². The van der Waals surface area contributed by atoms with Crippen LogP contribution < -0.4 is 0 Å². The van der Waals surface area contributed by atoms with Crippen molar-refractivity contribution in [1.82, 2.24) is 4.31 Å². The molecule has 2 aromatic rings. The van der Waals surface area contributed by atoms with Crippen LogP contribution in [0.1, 0.15) is 36.3 Å². The third kappa shape index (κ3) is 3.32. The average Bonchev–Trinajstić information content (AvgIpc) is 3.08. The minimum Gasteiger partial charge on any atom is -0.464 e. The molecule has 0 saturated heterocycles. The quantitative estimate of drug-likeness (QED) is 0.578. The molecule has 3 rings (SSSR count). The first-order valence-corrected chi connectivity index (χ1v) is 9.44. The number of nitro groups is 1. The van der Waals surface area contributed by atoms with Gasteiger partial charge in [0.15, 0.2) is 4.90 Å². The molecule has 7 nitrogen and oxygen atoms in total. The molecule has 0 spiro atoms. The molecule has 0 bridgehead atoms. The molecule has 0 amide bonds. The zero-order chi connectivity index (χ0) is 18.4. The van der Waals surface area contributed by atoms with Crippen LogP contribution in [0.3, 0.4) is 0 Å². The highest BCUT2D eigenvalue weighted by atomic mass is 32.2. The van der Waals surface area contributed by atoms with E-state index in [1.54, 1.807) is 19.1 Å². The molecule has 1 heterocycles. The summed E-state index contributed by atoms with van der Waals surface area (Å²) in [5.41, 5.74) is -0.0771. The van der Waals surface area contributed by atoms with Crippen LogP contribution in [-0.4, -0.2) is 24.7 Å². The third-order valence-corrected chi connectivity index (χ3v) is 6.59. The second kappa shape index (κ2) is 6.27. The average molecular weight is 364 g/mol. The van der Waals surface area contributed by atoms with Gasteiger partial charge in [-0.15, -0.1) is 0 Å². The van der Waals surface area contributed by atoms with E-state index < -0.39 is 20.6 Å². The topological polar surface area (TPSA) is 93.7 Å².